The number of H-pyrrole nitrogens is 1. The first-order valence-electron chi connectivity index (χ1n) is 9.05. The summed E-state index contributed by atoms with van der Waals surface area (Å²) in [5, 5.41) is 3.23. The molecule has 1 aromatic heterocycles. The van der Waals surface area contributed by atoms with Crippen LogP contribution >= 0.6 is 24.0 Å². The highest BCUT2D eigenvalue weighted by molar-refractivity contribution is 14.0. The monoisotopic (exact) mass is 509 g/mol. The van der Waals surface area contributed by atoms with Gasteiger partial charge >= 0.3 is 0 Å². The fourth-order valence-corrected chi connectivity index (χ4v) is 2.78. The molecule has 3 rings (SSSR count). The van der Waals surface area contributed by atoms with Gasteiger partial charge in [0.25, 0.3) is 0 Å². The van der Waals surface area contributed by atoms with Gasteiger partial charge in [0.15, 0.2) is 5.96 Å². The Labute approximate surface area is 187 Å². The maximum atomic E-state index is 13.2. The van der Waals surface area contributed by atoms with E-state index in [1.54, 1.807) is 19.2 Å². The van der Waals surface area contributed by atoms with Gasteiger partial charge in [0, 0.05) is 20.2 Å². The summed E-state index contributed by atoms with van der Waals surface area (Å²) in [6.45, 7) is 1.52. The fraction of sp³-hybridized carbons (Fsp3) is 0.238. The molecule has 0 aliphatic heterocycles. The number of benzene rings is 2. The van der Waals surface area contributed by atoms with Crippen molar-refractivity contribution in [2.24, 2.45) is 4.99 Å². The van der Waals surface area contributed by atoms with E-state index in [1.807, 2.05) is 48.5 Å². The van der Waals surface area contributed by atoms with E-state index in [0.717, 1.165) is 23.0 Å². The summed E-state index contributed by atoms with van der Waals surface area (Å²) < 4.78 is 18.7. The predicted octanol–water partition coefficient (Wildman–Crippen LogP) is 3.92. The molecule has 0 saturated heterocycles. The third-order valence-corrected chi connectivity index (χ3v) is 4.12. The number of guanidine groups is 1. The lowest BCUT2D eigenvalue weighted by atomic mass is 10.2. The number of halogens is 2. The minimum atomic E-state index is -0.311. The van der Waals surface area contributed by atoms with Gasteiger partial charge in [-0.05, 0) is 17.7 Å². The van der Waals surface area contributed by atoms with Gasteiger partial charge in [0.2, 0.25) is 0 Å². The van der Waals surface area contributed by atoms with Crippen LogP contribution in [0.15, 0.2) is 65.8 Å². The van der Waals surface area contributed by atoms with Crippen LogP contribution in [0.1, 0.15) is 5.82 Å². The number of rotatable bonds is 7. The van der Waals surface area contributed by atoms with E-state index in [2.05, 4.69) is 20.3 Å². The van der Waals surface area contributed by atoms with E-state index < -0.39 is 0 Å². The molecule has 8 heteroatoms. The number of ether oxygens (including phenoxy) is 1. The standard InChI is InChI=1S/C21H24FN5O.HI/c1-23-21(24-11-12-28-18-10-6-9-17(22)13-18)27(2)15-20-25-14-19(26-20)16-7-4-3-5-8-16;/h3-10,13-14H,11-12,15H2,1-2H3,(H,23,24)(H,25,26);1H. The molecular weight excluding hydrogens is 484 g/mol. The van der Waals surface area contributed by atoms with Gasteiger partial charge in [-0.3, -0.25) is 4.99 Å². The fourth-order valence-electron chi connectivity index (χ4n) is 2.78. The topological polar surface area (TPSA) is 65.5 Å². The number of hydrogen-bond acceptors (Lipinski definition) is 3. The summed E-state index contributed by atoms with van der Waals surface area (Å²) in [6.07, 6.45) is 1.83. The van der Waals surface area contributed by atoms with Crippen LogP contribution in [0.25, 0.3) is 11.3 Å². The second kappa shape index (κ2) is 11.4. The Morgan fingerprint density at radius 3 is 2.72 bits per heavy atom. The summed E-state index contributed by atoms with van der Waals surface area (Å²) >= 11 is 0. The molecule has 6 nitrogen and oxygen atoms in total. The van der Waals surface area contributed by atoms with Crippen molar-refractivity contribution >= 4 is 29.9 Å². The molecule has 1 heterocycles. The molecule has 3 aromatic rings. The van der Waals surface area contributed by atoms with Gasteiger partial charge in [-0.2, -0.15) is 0 Å². The lowest BCUT2D eigenvalue weighted by Gasteiger charge is -2.21. The zero-order chi connectivity index (χ0) is 19.8. The molecular formula is C21H25FIN5O. The van der Waals surface area contributed by atoms with Gasteiger partial charge in [0.05, 0.1) is 25.0 Å². The molecule has 0 aliphatic carbocycles. The van der Waals surface area contributed by atoms with Crippen LogP contribution in [0.5, 0.6) is 5.75 Å². The van der Waals surface area contributed by atoms with Gasteiger partial charge in [0.1, 0.15) is 24.0 Å². The number of aromatic amines is 1. The molecule has 29 heavy (non-hydrogen) atoms. The molecule has 0 aliphatic rings. The van der Waals surface area contributed by atoms with E-state index in [9.17, 15) is 4.39 Å². The first-order chi connectivity index (χ1) is 13.7. The highest BCUT2D eigenvalue weighted by Crippen LogP contribution is 2.16. The number of hydrogen-bond donors (Lipinski definition) is 2. The minimum Gasteiger partial charge on any atom is -0.492 e. The van der Waals surface area contributed by atoms with Gasteiger partial charge in [-0.1, -0.05) is 36.4 Å². The van der Waals surface area contributed by atoms with Crippen molar-refractivity contribution in [3.8, 4) is 17.0 Å². The molecule has 0 atom stereocenters. The van der Waals surface area contributed by atoms with Crippen molar-refractivity contribution in [2.45, 2.75) is 6.54 Å². The Kier molecular flexibility index (Phi) is 8.91. The number of aliphatic imine (C=N–C) groups is 1. The molecule has 0 amide bonds. The van der Waals surface area contributed by atoms with Crippen LogP contribution in [0, 0.1) is 5.82 Å². The van der Waals surface area contributed by atoms with E-state index in [-0.39, 0.29) is 29.8 Å². The first kappa shape index (κ1) is 22.7. The summed E-state index contributed by atoms with van der Waals surface area (Å²) in [5.74, 6) is 1.77. The van der Waals surface area contributed by atoms with Crippen molar-refractivity contribution in [1.82, 2.24) is 20.2 Å². The van der Waals surface area contributed by atoms with Crippen LogP contribution in [-0.2, 0) is 6.54 Å². The van der Waals surface area contributed by atoms with Crippen LogP contribution < -0.4 is 10.1 Å². The van der Waals surface area contributed by atoms with E-state index >= 15 is 0 Å². The number of imidazole rings is 1. The largest absolute Gasteiger partial charge is 0.492 e. The highest BCUT2D eigenvalue weighted by Gasteiger charge is 2.09. The average molecular weight is 509 g/mol. The molecule has 154 valence electrons. The van der Waals surface area contributed by atoms with E-state index in [0.29, 0.717) is 25.4 Å². The Bertz CT molecular complexity index is 916. The minimum absolute atomic E-state index is 0. The molecule has 0 spiro atoms. The smallest absolute Gasteiger partial charge is 0.193 e. The molecule has 0 unspecified atom stereocenters. The summed E-state index contributed by atoms with van der Waals surface area (Å²) in [6, 6.07) is 16.2. The number of nitrogens with one attached hydrogen (secondary N) is 2. The third-order valence-electron chi connectivity index (χ3n) is 4.12. The molecule has 0 radical (unpaired) electrons. The van der Waals surface area contributed by atoms with Crippen molar-refractivity contribution in [3.63, 3.8) is 0 Å². The Morgan fingerprint density at radius 1 is 1.21 bits per heavy atom. The highest BCUT2D eigenvalue weighted by atomic mass is 127. The van der Waals surface area contributed by atoms with Crippen LogP contribution in [0.2, 0.25) is 0 Å². The maximum absolute atomic E-state index is 13.2. The Balaban J connectivity index is 0.00000300. The van der Waals surface area contributed by atoms with Gasteiger partial charge < -0.3 is 19.9 Å². The lowest BCUT2D eigenvalue weighted by molar-refractivity contribution is 0.317. The average Bonchev–Trinajstić information content (AvgIpc) is 3.17. The van der Waals surface area contributed by atoms with Gasteiger partial charge in [-0.25, -0.2) is 9.37 Å². The number of nitrogens with zero attached hydrogens (tertiary/aromatic N) is 3. The lowest BCUT2D eigenvalue weighted by Crippen LogP contribution is -2.40. The van der Waals surface area contributed by atoms with E-state index in [4.69, 9.17) is 4.74 Å². The van der Waals surface area contributed by atoms with Crippen LogP contribution in [0.4, 0.5) is 4.39 Å². The van der Waals surface area contributed by atoms with Crippen molar-refractivity contribution in [3.05, 3.63) is 72.4 Å². The Hall–Kier alpha value is -2.62. The van der Waals surface area contributed by atoms with Crippen molar-refractivity contribution in [1.29, 1.82) is 0 Å². The van der Waals surface area contributed by atoms with Crippen molar-refractivity contribution < 1.29 is 9.13 Å². The molecule has 2 N–H and O–H groups in total. The molecule has 0 fully saturated rings. The molecule has 2 aromatic carbocycles. The maximum Gasteiger partial charge on any atom is 0.193 e. The first-order valence-corrected chi connectivity index (χ1v) is 9.05. The summed E-state index contributed by atoms with van der Waals surface area (Å²) in [5.41, 5.74) is 2.08. The summed E-state index contributed by atoms with van der Waals surface area (Å²) in [7, 11) is 3.66. The van der Waals surface area contributed by atoms with Crippen LogP contribution in [0.3, 0.4) is 0 Å². The zero-order valence-electron chi connectivity index (χ0n) is 16.4. The summed E-state index contributed by atoms with van der Waals surface area (Å²) in [4.78, 5) is 14.0. The molecule has 0 saturated carbocycles. The zero-order valence-corrected chi connectivity index (χ0v) is 18.8. The Morgan fingerprint density at radius 2 is 2.00 bits per heavy atom. The normalized spacial score (nSPS) is 10.9. The number of aromatic nitrogens is 2. The van der Waals surface area contributed by atoms with Crippen LogP contribution in [-0.4, -0.2) is 48.1 Å². The molecule has 0 bridgehead atoms. The van der Waals surface area contributed by atoms with Gasteiger partial charge in [-0.15, -0.1) is 24.0 Å². The SMILES string of the molecule is CN=C(NCCOc1cccc(F)c1)N(C)Cc1ncc(-c2ccccc2)[nH]1.I. The predicted molar refractivity (Wildman–Crippen MR) is 124 cm³/mol. The second-order valence-corrected chi connectivity index (χ2v) is 6.25. The third kappa shape index (κ3) is 6.74. The second-order valence-electron chi connectivity index (χ2n) is 6.25. The van der Waals surface area contributed by atoms with E-state index in [1.165, 1.54) is 12.1 Å². The quantitative estimate of drug-likeness (QED) is 0.219. The van der Waals surface area contributed by atoms with Crippen molar-refractivity contribution in [2.75, 3.05) is 27.2 Å².